The fourth-order valence-corrected chi connectivity index (χ4v) is 2.93. The van der Waals surface area contributed by atoms with Crippen LogP contribution in [0.5, 0.6) is 0 Å². The van der Waals surface area contributed by atoms with Gasteiger partial charge in [-0.3, -0.25) is 14.7 Å². The van der Waals surface area contributed by atoms with E-state index >= 15 is 0 Å². The minimum absolute atomic E-state index is 0.0304. The van der Waals surface area contributed by atoms with E-state index in [2.05, 4.69) is 21.3 Å². The number of anilines is 1. The highest BCUT2D eigenvalue weighted by Crippen LogP contribution is 2.21. The maximum Gasteiger partial charge on any atom is 0.238 e. The topological polar surface area (TPSA) is 45.2 Å². The van der Waals surface area contributed by atoms with Gasteiger partial charge in [0.25, 0.3) is 0 Å². The van der Waals surface area contributed by atoms with Crippen LogP contribution >= 0.6 is 11.6 Å². The van der Waals surface area contributed by atoms with Crippen LogP contribution in [0.3, 0.4) is 0 Å². The van der Waals surface area contributed by atoms with Crippen molar-refractivity contribution in [1.82, 2.24) is 9.88 Å². The van der Waals surface area contributed by atoms with Gasteiger partial charge in [-0.2, -0.15) is 0 Å². The zero-order valence-corrected chi connectivity index (χ0v) is 14.4. The molecule has 0 spiro atoms. The molecule has 2 aromatic rings. The van der Waals surface area contributed by atoms with Crippen molar-refractivity contribution in [1.29, 1.82) is 0 Å². The van der Waals surface area contributed by atoms with Crippen molar-refractivity contribution in [3.05, 3.63) is 65.0 Å². The third-order valence-electron chi connectivity index (χ3n) is 4.05. The molecular weight excluding hydrogens is 322 g/mol. The molecule has 1 aromatic heterocycles. The van der Waals surface area contributed by atoms with Gasteiger partial charge in [0.2, 0.25) is 5.91 Å². The van der Waals surface area contributed by atoms with Crippen LogP contribution in [-0.4, -0.2) is 35.4 Å². The highest BCUT2D eigenvalue weighted by molar-refractivity contribution is 6.31. The van der Waals surface area contributed by atoms with Gasteiger partial charge in [0.15, 0.2) is 0 Å². The third-order valence-corrected chi connectivity index (χ3v) is 4.45. The summed E-state index contributed by atoms with van der Waals surface area (Å²) in [6.07, 6.45) is 4.93. The lowest BCUT2D eigenvalue weighted by Crippen LogP contribution is -2.36. The van der Waals surface area contributed by atoms with Crippen LogP contribution in [0, 0.1) is 6.92 Å². The number of amides is 1. The molecule has 0 radical (unpaired) electrons. The summed E-state index contributed by atoms with van der Waals surface area (Å²) in [6, 6.07) is 11.4. The lowest BCUT2D eigenvalue weighted by atomic mass is 10.1. The van der Waals surface area contributed by atoms with Crippen molar-refractivity contribution in [3.63, 3.8) is 0 Å². The van der Waals surface area contributed by atoms with Gasteiger partial charge in [-0.25, -0.2) is 0 Å². The highest BCUT2D eigenvalue weighted by Gasteiger charge is 2.17. The van der Waals surface area contributed by atoms with Crippen LogP contribution in [-0.2, 0) is 4.79 Å². The molecule has 0 aliphatic carbocycles. The quantitative estimate of drug-likeness (QED) is 0.920. The number of nitrogens with zero attached hydrogens (tertiary/aromatic N) is 2. The Balaban J connectivity index is 1.59. The predicted octanol–water partition coefficient (Wildman–Crippen LogP) is 3.77. The predicted molar refractivity (Wildman–Crippen MR) is 98.1 cm³/mol. The Bertz CT molecular complexity index is 758. The minimum Gasteiger partial charge on any atom is -0.325 e. The Kier molecular flexibility index (Phi) is 5.28. The summed E-state index contributed by atoms with van der Waals surface area (Å²) in [5, 5.41) is 3.57. The number of benzene rings is 1. The number of halogens is 1. The zero-order valence-electron chi connectivity index (χ0n) is 13.6. The van der Waals surface area contributed by atoms with Gasteiger partial charge in [0, 0.05) is 30.0 Å². The van der Waals surface area contributed by atoms with E-state index in [0.717, 1.165) is 36.5 Å². The second-order valence-corrected chi connectivity index (χ2v) is 6.36. The van der Waals surface area contributed by atoms with Gasteiger partial charge in [0.05, 0.1) is 12.2 Å². The smallest absolute Gasteiger partial charge is 0.238 e. The van der Waals surface area contributed by atoms with E-state index in [0.29, 0.717) is 11.6 Å². The van der Waals surface area contributed by atoms with Crippen molar-refractivity contribution in [2.24, 2.45) is 0 Å². The molecule has 24 heavy (non-hydrogen) atoms. The first-order chi connectivity index (χ1) is 11.6. The van der Waals surface area contributed by atoms with Gasteiger partial charge in [0.1, 0.15) is 0 Å². The molecule has 1 N–H and O–H groups in total. The van der Waals surface area contributed by atoms with Crippen molar-refractivity contribution < 1.29 is 4.79 Å². The molecule has 1 aliphatic rings. The Morgan fingerprint density at radius 1 is 1.33 bits per heavy atom. The summed E-state index contributed by atoms with van der Waals surface area (Å²) in [5.74, 6) is -0.0304. The number of nitrogens with one attached hydrogen (secondary N) is 1. The molecule has 0 saturated carbocycles. The van der Waals surface area contributed by atoms with Crippen LogP contribution in [0.2, 0.25) is 5.02 Å². The van der Waals surface area contributed by atoms with Crippen molar-refractivity contribution in [2.75, 3.05) is 25.0 Å². The van der Waals surface area contributed by atoms with Gasteiger partial charge in [-0.1, -0.05) is 29.8 Å². The number of aromatic nitrogens is 1. The molecule has 3 rings (SSSR count). The van der Waals surface area contributed by atoms with Gasteiger partial charge in [-0.15, -0.1) is 0 Å². The molecule has 1 aromatic carbocycles. The summed E-state index contributed by atoms with van der Waals surface area (Å²) in [4.78, 5) is 18.8. The Morgan fingerprint density at radius 3 is 2.96 bits per heavy atom. The van der Waals surface area contributed by atoms with E-state index in [4.69, 9.17) is 11.6 Å². The number of aryl methyl sites for hydroxylation is 1. The number of hydrogen-bond donors (Lipinski definition) is 1. The summed E-state index contributed by atoms with van der Waals surface area (Å²) < 4.78 is 0. The molecule has 1 aliphatic heterocycles. The van der Waals surface area contributed by atoms with Crippen LogP contribution in [0.4, 0.5) is 5.69 Å². The molecule has 0 fully saturated rings. The standard InChI is InChI=1S/C19H20ClN3O/c1-14-7-8-16(11-17(14)20)22-19(24)13-23-10-4-5-15(12-23)18-6-2-3-9-21-18/h2-3,5-9,11H,4,10,12-13H2,1H3,(H,22,24). The van der Waals surface area contributed by atoms with Gasteiger partial charge >= 0.3 is 0 Å². The number of pyridine rings is 1. The summed E-state index contributed by atoms with van der Waals surface area (Å²) >= 11 is 6.10. The fraction of sp³-hybridized carbons (Fsp3) is 0.263. The molecular formula is C19H20ClN3O. The fourth-order valence-electron chi connectivity index (χ4n) is 2.75. The molecule has 0 bridgehead atoms. The molecule has 2 heterocycles. The van der Waals surface area contributed by atoms with E-state index in [-0.39, 0.29) is 5.91 Å². The maximum absolute atomic E-state index is 12.3. The number of rotatable bonds is 4. The molecule has 124 valence electrons. The van der Waals surface area contributed by atoms with E-state index in [1.54, 1.807) is 12.3 Å². The minimum atomic E-state index is -0.0304. The first kappa shape index (κ1) is 16.7. The van der Waals surface area contributed by atoms with Crippen LogP contribution in [0.15, 0.2) is 48.7 Å². The van der Waals surface area contributed by atoms with Crippen LogP contribution in [0.25, 0.3) is 5.57 Å². The van der Waals surface area contributed by atoms with Crippen molar-refractivity contribution >= 4 is 28.8 Å². The van der Waals surface area contributed by atoms with E-state index in [9.17, 15) is 4.79 Å². The van der Waals surface area contributed by atoms with E-state index < -0.39 is 0 Å². The monoisotopic (exact) mass is 341 g/mol. The summed E-state index contributed by atoms with van der Waals surface area (Å²) in [7, 11) is 0. The first-order valence-corrected chi connectivity index (χ1v) is 8.38. The molecule has 4 nitrogen and oxygen atoms in total. The molecule has 0 atom stereocenters. The molecule has 1 amide bonds. The first-order valence-electron chi connectivity index (χ1n) is 8.00. The van der Waals surface area contributed by atoms with Gasteiger partial charge in [-0.05, 0) is 48.7 Å². The average molecular weight is 342 g/mol. The molecule has 0 unspecified atom stereocenters. The second-order valence-electron chi connectivity index (χ2n) is 5.96. The lowest BCUT2D eigenvalue weighted by Gasteiger charge is -2.26. The Morgan fingerprint density at radius 2 is 2.21 bits per heavy atom. The summed E-state index contributed by atoms with van der Waals surface area (Å²) in [5.41, 5.74) is 3.88. The van der Waals surface area contributed by atoms with E-state index in [1.165, 1.54) is 5.57 Å². The average Bonchev–Trinajstić information content (AvgIpc) is 2.59. The molecule has 0 saturated heterocycles. The summed E-state index contributed by atoms with van der Waals surface area (Å²) in [6.45, 7) is 3.90. The molecule has 5 heteroatoms. The second kappa shape index (κ2) is 7.60. The Hall–Kier alpha value is -2.17. The maximum atomic E-state index is 12.3. The number of carbonyl (C=O) groups excluding carboxylic acids is 1. The van der Waals surface area contributed by atoms with Gasteiger partial charge < -0.3 is 5.32 Å². The third kappa shape index (κ3) is 4.22. The SMILES string of the molecule is Cc1ccc(NC(=O)CN2CCC=C(c3ccccn3)C2)cc1Cl. The van der Waals surface area contributed by atoms with E-state index in [1.807, 2.05) is 37.3 Å². The Labute approximate surface area is 147 Å². The normalized spacial score (nSPS) is 15.0. The number of carbonyl (C=O) groups is 1. The largest absolute Gasteiger partial charge is 0.325 e. The zero-order chi connectivity index (χ0) is 16.9. The lowest BCUT2D eigenvalue weighted by molar-refractivity contribution is -0.117. The van der Waals surface area contributed by atoms with Crippen molar-refractivity contribution in [2.45, 2.75) is 13.3 Å². The number of hydrogen-bond acceptors (Lipinski definition) is 3. The van der Waals surface area contributed by atoms with Crippen LogP contribution < -0.4 is 5.32 Å². The van der Waals surface area contributed by atoms with Crippen molar-refractivity contribution in [3.8, 4) is 0 Å². The highest BCUT2D eigenvalue weighted by atomic mass is 35.5. The van der Waals surface area contributed by atoms with Crippen LogP contribution in [0.1, 0.15) is 17.7 Å².